The molecule has 1 amide bonds. The van der Waals surface area contributed by atoms with Gasteiger partial charge in [0.05, 0.1) is 25.1 Å². The highest BCUT2D eigenvalue weighted by molar-refractivity contribution is 5.82. The van der Waals surface area contributed by atoms with Crippen LogP contribution in [0.5, 0.6) is 11.5 Å². The smallest absolute Gasteiger partial charge is 0.262 e. The molecule has 2 aromatic rings. The number of fused-ring (bicyclic) bond motifs is 1. The van der Waals surface area contributed by atoms with Gasteiger partial charge < -0.3 is 19.7 Å². The van der Waals surface area contributed by atoms with E-state index in [2.05, 4.69) is 10.3 Å². The Morgan fingerprint density at radius 2 is 1.88 bits per heavy atom. The van der Waals surface area contributed by atoms with Crippen LogP contribution in [0, 0.1) is 6.92 Å². The van der Waals surface area contributed by atoms with Crippen molar-refractivity contribution >= 4 is 16.8 Å². The van der Waals surface area contributed by atoms with Crippen LogP contribution in [-0.4, -0.2) is 61.8 Å². The molecule has 25 heavy (non-hydrogen) atoms. The summed E-state index contributed by atoms with van der Waals surface area (Å²) in [6.07, 6.45) is 0. The summed E-state index contributed by atoms with van der Waals surface area (Å²) in [4.78, 5) is 31.3. The van der Waals surface area contributed by atoms with Gasteiger partial charge in [0.25, 0.3) is 5.56 Å². The highest BCUT2D eigenvalue weighted by Gasteiger charge is 2.15. The van der Waals surface area contributed by atoms with Crippen LogP contribution < -0.4 is 20.3 Å². The summed E-state index contributed by atoms with van der Waals surface area (Å²) in [5.74, 6) is 1.18. The SMILES string of the molecule is COc1cc2nc(C)n(CC(=O)NCCN(C)C)c(=O)c2cc1OC. The number of nitrogens with zero attached hydrogens (tertiary/aromatic N) is 3. The summed E-state index contributed by atoms with van der Waals surface area (Å²) in [6, 6.07) is 3.24. The summed E-state index contributed by atoms with van der Waals surface area (Å²) >= 11 is 0. The van der Waals surface area contributed by atoms with Gasteiger partial charge in [0.15, 0.2) is 11.5 Å². The van der Waals surface area contributed by atoms with Gasteiger partial charge in [0.1, 0.15) is 12.4 Å². The molecule has 0 fully saturated rings. The molecule has 0 spiro atoms. The van der Waals surface area contributed by atoms with Gasteiger partial charge in [0.2, 0.25) is 5.91 Å². The van der Waals surface area contributed by atoms with Crippen LogP contribution in [0.3, 0.4) is 0 Å². The number of ether oxygens (including phenoxy) is 2. The standard InChI is InChI=1S/C17H24N4O4/c1-11-19-13-9-15(25-5)14(24-4)8-12(13)17(23)21(11)10-16(22)18-6-7-20(2)3/h8-9H,6-7,10H2,1-5H3,(H,18,22). The van der Waals surface area contributed by atoms with E-state index in [-0.39, 0.29) is 18.0 Å². The maximum absolute atomic E-state index is 12.8. The van der Waals surface area contributed by atoms with Gasteiger partial charge in [-0.05, 0) is 27.1 Å². The molecule has 8 nitrogen and oxygen atoms in total. The van der Waals surface area contributed by atoms with Crippen molar-refractivity contribution in [2.75, 3.05) is 41.4 Å². The number of likely N-dealkylation sites (N-methyl/N-ethyl adjacent to an activating group) is 1. The summed E-state index contributed by atoms with van der Waals surface area (Å²) in [5.41, 5.74) is 0.218. The Morgan fingerprint density at radius 1 is 1.24 bits per heavy atom. The lowest BCUT2D eigenvalue weighted by Crippen LogP contribution is -2.37. The van der Waals surface area contributed by atoms with Crippen molar-refractivity contribution in [3.05, 3.63) is 28.3 Å². The number of amides is 1. The Morgan fingerprint density at radius 3 is 2.48 bits per heavy atom. The van der Waals surface area contributed by atoms with Gasteiger partial charge in [-0.2, -0.15) is 0 Å². The van der Waals surface area contributed by atoms with Crippen LogP contribution in [0.2, 0.25) is 0 Å². The predicted octanol–water partition coefficient (Wildman–Crippen LogP) is 0.400. The molecule has 0 unspecified atom stereocenters. The fourth-order valence-electron chi connectivity index (χ4n) is 2.46. The zero-order valence-electron chi connectivity index (χ0n) is 15.3. The number of benzene rings is 1. The van der Waals surface area contributed by atoms with Crippen molar-refractivity contribution in [1.82, 2.24) is 19.8 Å². The largest absolute Gasteiger partial charge is 0.493 e. The van der Waals surface area contributed by atoms with E-state index in [1.165, 1.54) is 18.8 Å². The first-order valence-corrected chi connectivity index (χ1v) is 7.92. The number of aryl methyl sites for hydroxylation is 1. The molecule has 2 rings (SSSR count). The third kappa shape index (κ3) is 4.27. The van der Waals surface area contributed by atoms with Crippen LogP contribution in [0.1, 0.15) is 5.82 Å². The van der Waals surface area contributed by atoms with E-state index in [0.29, 0.717) is 34.8 Å². The number of hydrogen-bond acceptors (Lipinski definition) is 6. The highest BCUT2D eigenvalue weighted by Crippen LogP contribution is 2.30. The average molecular weight is 348 g/mol. The lowest BCUT2D eigenvalue weighted by atomic mass is 10.2. The van der Waals surface area contributed by atoms with E-state index in [1.807, 2.05) is 19.0 Å². The number of carbonyl (C=O) groups is 1. The molecule has 8 heteroatoms. The Bertz CT molecular complexity index is 829. The Kier molecular flexibility index (Phi) is 5.97. The van der Waals surface area contributed by atoms with Gasteiger partial charge in [-0.1, -0.05) is 0 Å². The van der Waals surface area contributed by atoms with Gasteiger partial charge >= 0.3 is 0 Å². The van der Waals surface area contributed by atoms with Crippen molar-refractivity contribution < 1.29 is 14.3 Å². The fourth-order valence-corrected chi connectivity index (χ4v) is 2.46. The van der Waals surface area contributed by atoms with Crippen molar-refractivity contribution in [3.8, 4) is 11.5 Å². The zero-order chi connectivity index (χ0) is 18.6. The van der Waals surface area contributed by atoms with Crippen molar-refractivity contribution in [3.63, 3.8) is 0 Å². The predicted molar refractivity (Wildman–Crippen MR) is 95.4 cm³/mol. The monoisotopic (exact) mass is 348 g/mol. The third-order valence-electron chi connectivity index (χ3n) is 3.83. The van der Waals surface area contributed by atoms with Gasteiger partial charge in [-0.3, -0.25) is 14.2 Å². The number of aromatic nitrogens is 2. The van der Waals surface area contributed by atoms with Gasteiger partial charge in [-0.25, -0.2) is 4.98 Å². The van der Waals surface area contributed by atoms with E-state index in [4.69, 9.17) is 9.47 Å². The lowest BCUT2D eigenvalue weighted by Gasteiger charge is -2.14. The molecule has 0 radical (unpaired) electrons. The van der Waals surface area contributed by atoms with Crippen LogP contribution >= 0.6 is 0 Å². The quantitative estimate of drug-likeness (QED) is 0.780. The summed E-state index contributed by atoms with van der Waals surface area (Å²) in [6.45, 7) is 2.87. The van der Waals surface area contributed by atoms with E-state index in [0.717, 1.165) is 6.54 Å². The number of rotatable bonds is 7. The minimum absolute atomic E-state index is 0.0740. The molecule has 1 N–H and O–H groups in total. The number of hydrogen-bond donors (Lipinski definition) is 1. The average Bonchev–Trinajstić information content (AvgIpc) is 2.57. The first-order valence-electron chi connectivity index (χ1n) is 7.92. The summed E-state index contributed by atoms with van der Waals surface area (Å²) in [5, 5.41) is 3.17. The minimum atomic E-state index is -0.286. The first kappa shape index (κ1) is 18.7. The normalized spacial score (nSPS) is 11.0. The Hall–Kier alpha value is -2.61. The molecule has 136 valence electrons. The molecule has 0 aliphatic heterocycles. The molecule has 0 atom stereocenters. The van der Waals surface area contributed by atoms with Crippen LogP contribution in [-0.2, 0) is 11.3 Å². The Balaban J connectivity index is 2.34. The summed E-state index contributed by atoms with van der Waals surface area (Å²) < 4.78 is 11.8. The zero-order valence-corrected chi connectivity index (χ0v) is 15.3. The molecular weight excluding hydrogens is 324 g/mol. The number of methoxy groups -OCH3 is 2. The fraction of sp³-hybridized carbons (Fsp3) is 0.471. The molecule has 1 aromatic carbocycles. The van der Waals surface area contributed by atoms with E-state index < -0.39 is 0 Å². The molecule has 0 saturated carbocycles. The molecule has 0 bridgehead atoms. The molecule has 0 saturated heterocycles. The second kappa shape index (κ2) is 7.98. The molecule has 0 aliphatic carbocycles. The van der Waals surface area contributed by atoms with Crippen molar-refractivity contribution in [2.45, 2.75) is 13.5 Å². The van der Waals surface area contributed by atoms with Gasteiger partial charge in [0, 0.05) is 19.2 Å². The third-order valence-corrected chi connectivity index (χ3v) is 3.83. The Labute approximate surface area is 146 Å². The van der Waals surface area contributed by atoms with Crippen LogP contribution in [0.15, 0.2) is 16.9 Å². The first-order chi connectivity index (χ1) is 11.9. The van der Waals surface area contributed by atoms with Crippen LogP contribution in [0.25, 0.3) is 10.9 Å². The highest BCUT2D eigenvalue weighted by atomic mass is 16.5. The number of nitrogens with one attached hydrogen (secondary N) is 1. The number of carbonyl (C=O) groups excluding carboxylic acids is 1. The second-order valence-electron chi connectivity index (χ2n) is 5.93. The van der Waals surface area contributed by atoms with E-state index >= 15 is 0 Å². The maximum Gasteiger partial charge on any atom is 0.262 e. The summed E-state index contributed by atoms with van der Waals surface area (Å²) in [7, 11) is 6.88. The lowest BCUT2D eigenvalue weighted by molar-refractivity contribution is -0.121. The molecule has 1 aromatic heterocycles. The molecular formula is C17H24N4O4. The van der Waals surface area contributed by atoms with Crippen molar-refractivity contribution in [1.29, 1.82) is 0 Å². The van der Waals surface area contributed by atoms with Crippen LogP contribution in [0.4, 0.5) is 0 Å². The topological polar surface area (TPSA) is 85.7 Å². The van der Waals surface area contributed by atoms with E-state index in [9.17, 15) is 9.59 Å². The molecule has 0 aliphatic rings. The molecule has 1 heterocycles. The van der Waals surface area contributed by atoms with E-state index in [1.54, 1.807) is 19.1 Å². The van der Waals surface area contributed by atoms with Crippen molar-refractivity contribution in [2.24, 2.45) is 0 Å². The minimum Gasteiger partial charge on any atom is -0.493 e. The maximum atomic E-state index is 12.8. The van der Waals surface area contributed by atoms with Gasteiger partial charge in [-0.15, -0.1) is 0 Å². The second-order valence-corrected chi connectivity index (χ2v) is 5.93.